The number of aliphatic hydroxyl groups is 1. The van der Waals surface area contributed by atoms with Crippen LogP contribution >= 0.6 is 0 Å². The first kappa shape index (κ1) is 13.9. The van der Waals surface area contributed by atoms with E-state index >= 15 is 0 Å². The fourth-order valence-corrected chi connectivity index (χ4v) is 2.16. The predicted molar refractivity (Wildman–Crippen MR) is 57.8 cm³/mol. The maximum Gasteiger partial charge on any atom is 0.152 e. The highest BCUT2D eigenvalue weighted by Crippen LogP contribution is 2.17. The molecule has 0 aliphatic heterocycles. The maximum atomic E-state index is 11.2. The molecular formula is C9H21NO3S. The van der Waals surface area contributed by atoms with Crippen molar-refractivity contribution >= 4 is 9.84 Å². The number of sulfone groups is 1. The lowest BCUT2D eigenvalue weighted by molar-refractivity contribution is 0.105. The number of hydrogen-bond donors (Lipinski definition) is 2. The van der Waals surface area contributed by atoms with E-state index in [1.807, 2.05) is 6.92 Å². The van der Waals surface area contributed by atoms with Crippen LogP contribution in [0.5, 0.6) is 0 Å². The van der Waals surface area contributed by atoms with Crippen LogP contribution in [-0.2, 0) is 9.84 Å². The van der Waals surface area contributed by atoms with Gasteiger partial charge in [0, 0.05) is 6.26 Å². The Kier molecular flexibility index (Phi) is 5.63. The van der Waals surface area contributed by atoms with Gasteiger partial charge in [0.15, 0.2) is 9.84 Å². The number of rotatable bonds is 6. The van der Waals surface area contributed by atoms with E-state index in [0.717, 1.165) is 19.1 Å². The first-order valence-electron chi connectivity index (χ1n) is 4.91. The number of aliphatic hydroxyl groups excluding tert-OH is 1. The molecule has 0 aromatic carbocycles. The molecule has 3 unspecified atom stereocenters. The highest BCUT2D eigenvalue weighted by Gasteiger charge is 2.29. The van der Waals surface area contributed by atoms with Gasteiger partial charge in [-0.25, -0.2) is 8.42 Å². The Hall–Kier alpha value is -0.130. The molecule has 0 bridgehead atoms. The molecule has 0 aliphatic rings. The van der Waals surface area contributed by atoms with E-state index in [9.17, 15) is 13.5 Å². The second-order valence-electron chi connectivity index (χ2n) is 3.81. The van der Waals surface area contributed by atoms with Crippen LogP contribution < -0.4 is 5.73 Å². The van der Waals surface area contributed by atoms with E-state index in [4.69, 9.17) is 5.73 Å². The average molecular weight is 223 g/mol. The Bertz CT molecular complexity index is 251. The molecule has 0 heterocycles. The molecule has 4 nitrogen and oxygen atoms in total. The molecule has 5 heteroatoms. The van der Waals surface area contributed by atoms with E-state index in [2.05, 4.69) is 0 Å². The molecule has 0 aromatic heterocycles. The largest absolute Gasteiger partial charge is 0.391 e. The summed E-state index contributed by atoms with van der Waals surface area (Å²) in [5, 5.41) is 9.05. The van der Waals surface area contributed by atoms with Gasteiger partial charge in [0.05, 0.1) is 11.4 Å². The second kappa shape index (κ2) is 5.68. The summed E-state index contributed by atoms with van der Waals surface area (Å²) >= 11 is 0. The minimum absolute atomic E-state index is 0.121. The van der Waals surface area contributed by atoms with Crippen molar-refractivity contribution in [1.29, 1.82) is 0 Å². The van der Waals surface area contributed by atoms with Crippen LogP contribution in [-0.4, -0.2) is 37.7 Å². The fourth-order valence-electron chi connectivity index (χ4n) is 1.44. The minimum Gasteiger partial charge on any atom is -0.391 e. The summed E-state index contributed by atoms with van der Waals surface area (Å²) in [6.45, 7) is 3.84. The van der Waals surface area contributed by atoms with Crippen molar-refractivity contribution in [3.05, 3.63) is 0 Å². The lowest BCUT2D eigenvalue weighted by Gasteiger charge is -2.25. The molecule has 0 fully saturated rings. The van der Waals surface area contributed by atoms with Gasteiger partial charge in [-0.3, -0.25) is 0 Å². The van der Waals surface area contributed by atoms with Gasteiger partial charge < -0.3 is 10.8 Å². The van der Waals surface area contributed by atoms with Crippen LogP contribution in [0.25, 0.3) is 0 Å². The standard InChI is InChI=1S/C9H21NO3S/c1-4-5-8(6-10)9(11)7(2)14(3,12)13/h7-9,11H,4-6,10H2,1-3H3. The van der Waals surface area contributed by atoms with Gasteiger partial charge in [-0.15, -0.1) is 0 Å². The van der Waals surface area contributed by atoms with Crippen LogP contribution in [0.2, 0.25) is 0 Å². The SMILES string of the molecule is CCCC(CN)C(O)C(C)S(C)(=O)=O. The lowest BCUT2D eigenvalue weighted by atomic mass is 9.95. The van der Waals surface area contributed by atoms with Crippen LogP contribution in [0.4, 0.5) is 0 Å². The summed E-state index contributed by atoms with van der Waals surface area (Å²) < 4.78 is 22.4. The van der Waals surface area contributed by atoms with Gasteiger partial charge in [0.2, 0.25) is 0 Å². The van der Waals surface area contributed by atoms with Crippen molar-refractivity contribution in [2.24, 2.45) is 11.7 Å². The summed E-state index contributed by atoms with van der Waals surface area (Å²) in [5.74, 6) is -0.121. The van der Waals surface area contributed by atoms with E-state index in [1.165, 1.54) is 6.92 Å². The Balaban J connectivity index is 4.49. The third kappa shape index (κ3) is 3.94. The highest BCUT2D eigenvalue weighted by atomic mass is 32.2. The molecule has 3 N–H and O–H groups in total. The topological polar surface area (TPSA) is 80.4 Å². The molecule has 0 aromatic rings. The van der Waals surface area contributed by atoms with Crippen molar-refractivity contribution < 1.29 is 13.5 Å². The maximum absolute atomic E-state index is 11.2. The average Bonchev–Trinajstić information content (AvgIpc) is 2.10. The molecule has 86 valence electrons. The molecule has 0 amide bonds. The first-order valence-corrected chi connectivity index (χ1v) is 6.87. The Morgan fingerprint density at radius 1 is 1.43 bits per heavy atom. The van der Waals surface area contributed by atoms with Crippen LogP contribution in [0, 0.1) is 5.92 Å². The summed E-state index contributed by atoms with van der Waals surface area (Å²) in [6, 6.07) is 0. The normalized spacial score (nSPS) is 18.9. The van der Waals surface area contributed by atoms with Crippen molar-refractivity contribution in [3.8, 4) is 0 Å². The van der Waals surface area contributed by atoms with Crippen LogP contribution in [0.3, 0.4) is 0 Å². The Labute approximate surface area is 86.4 Å². The molecule has 0 saturated carbocycles. The lowest BCUT2D eigenvalue weighted by Crippen LogP contribution is -2.39. The van der Waals surface area contributed by atoms with Gasteiger partial charge in [0.25, 0.3) is 0 Å². The van der Waals surface area contributed by atoms with Gasteiger partial charge in [-0.2, -0.15) is 0 Å². The first-order chi connectivity index (χ1) is 6.34. The van der Waals surface area contributed by atoms with Crippen LogP contribution in [0.1, 0.15) is 26.7 Å². The summed E-state index contributed by atoms with van der Waals surface area (Å²) in [6.07, 6.45) is 1.95. The highest BCUT2D eigenvalue weighted by molar-refractivity contribution is 7.91. The second-order valence-corrected chi connectivity index (χ2v) is 6.21. The van der Waals surface area contributed by atoms with E-state index in [1.54, 1.807) is 0 Å². The molecular weight excluding hydrogens is 202 g/mol. The quantitative estimate of drug-likeness (QED) is 0.672. The third-order valence-corrected chi connectivity index (χ3v) is 4.23. The molecule has 0 aliphatic carbocycles. The van der Waals surface area contributed by atoms with Crippen molar-refractivity contribution in [1.82, 2.24) is 0 Å². The zero-order chi connectivity index (χ0) is 11.4. The molecule has 3 atom stereocenters. The van der Waals surface area contributed by atoms with Gasteiger partial charge >= 0.3 is 0 Å². The molecule has 0 spiro atoms. The zero-order valence-electron chi connectivity index (χ0n) is 9.10. The van der Waals surface area contributed by atoms with Gasteiger partial charge in [0.1, 0.15) is 0 Å². The van der Waals surface area contributed by atoms with Crippen molar-refractivity contribution in [2.75, 3.05) is 12.8 Å². The smallest absolute Gasteiger partial charge is 0.152 e. The van der Waals surface area contributed by atoms with Crippen molar-refractivity contribution in [3.63, 3.8) is 0 Å². The van der Waals surface area contributed by atoms with Gasteiger partial charge in [-0.1, -0.05) is 13.3 Å². The van der Waals surface area contributed by atoms with Gasteiger partial charge in [-0.05, 0) is 25.8 Å². The minimum atomic E-state index is -3.18. The molecule has 14 heavy (non-hydrogen) atoms. The Morgan fingerprint density at radius 3 is 2.21 bits per heavy atom. The zero-order valence-corrected chi connectivity index (χ0v) is 9.92. The molecule has 0 saturated heterocycles. The predicted octanol–water partition coefficient (Wildman–Crippen LogP) is 0.155. The van der Waals surface area contributed by atoms with E-state index in [-0.39, 0.29) is 5.92 Å². The Morgan fingerprint density at radius 2 is 1.93 bits per heavy atom. The summed E-state index contributed by atoms with van der Waals surface area (Å²) in [7, 11) is -3.18. The summed E-state index contributed by atoms with van der Waals surface area (Å²) in [5.41, 5.74) is 5.49. The molecule has 0 rings (SSSR count). The van der Waals surface area contributed by atoms with Crippen LogP contribution in [0.15, 0.2) is 0 Å². The number of hydrogen-bond acceptors (Lipinski definition) is 4. The monoisotopic (exact) mass is 223 g/mol. The third-order valence-electron chi connectivity index (χ3n) is 2.60. The molecule has 0 radical (unpaired) electrons. The number of nitrogens with two attached hydrogens (primary N) is 1. The van der Waals surface area contributed by atoms with E-state index in [0.29, 0.717) is 6.54 Å². The summed E-state index contributed by atoms with van der Waals surface area (Å²) in [4.78, 5) is 0. The van der Waals surface area contributed by atoms with E-state index < -0.39 is 21.2 Å². The van der Waals surface area contributed by atoms with Crippen molar-refractivity contribution in [2.45, 2.75) is 38.0 Å². The fraction of sp³-hybridized carbons (Fsp3) is 1.00.